The zero-order valence-electron chi connectivity index (χ0n) is 7.23. The van der Waals surface area contributed by atoms with E-state index in [1.54, 1.807) is 0 Å². The van der Waals surface area contributed by atoms with Crippen molar-refractivity contribution in [2.45, 2.75) is 45.4 Å². The van der Waals surface area contributed by atoms with Crippen LogP contribution in [0.5, 0.6) is 0 Å². The lowest BCUT2D eigenvalue weighted by atomic mass is 9.51. The first-order chi connectivity index (χ1) is 5.26. The number of Topliss-reactive ketones (excluding diaryl/α,β-unsaturated/α-hetero) is 1. The second-order valence-corrected chi connectivity index (χ2v) is 4.28. The minimum atomic E-state index is 0.459. The Kier molecular flexibility index (Phi) is 1.55. The maximum absolute atomic E-state index is 11.2. The highest BCUT2D eigenvalue weighted by atomic mass is 16.1. The fourth-order valence-corrected chi connectivity index (χ4v) is 2.59. The molecule has 1 heteroatoms. The smallest absolute Gasteiger partial charge is 0.135 e. The van der Waals surface area contributed by atoms with Crippen molar-refractivity contribution in [2.24, 2.45) is 11.3 Å². The lowest BCUT2D eigenvalue weighted by Crippen LogP contribution is -2.45. The normalized spacial score (nSPS) is 27.7. The van der Waals surface area contributed by atoms with Crippen LogP contribution in [0.15, 0.2) is 0 Å². The summed E-state index contributed by atoms with van der Waals surface area (Å²) in [5.41, 5.74) is 0.676. The molecular weight excluding hydrogens is 136 g/mol. The van der Waals surface area contributed by atoms with Crippen LogP contribution in [0.3, 0.4) is 0 Å². The van der Waals surface area contributed by atoms with Crippen molar-refractivity contribution in [2.75, 3.05) is 0 Å². The molecule has 0 aromatic rings. The SMILES string of the molecule is CCC(=O)C1CC2(CCC2)C1. The molecule has 2 aliphatic carbocycles. The molecule has 2 aliphatic rings. The average molecular weight is 152 g/mol. The second kappa shape index (κ2) is 2.33. The third kappa shape index (κ3) is 1.02. The van der Waals surface area contributed by atoms with E-state index in [0.717, 1.165) is 6.42 Å². The molecule has 0 aliphatic heterocycles. The van der Waals surface area contributed by atoms with Gasteiger partial charge < -0.3 is 0 Å². The molecule has 2 rings (SSSR count). The van der Waals surface area contributed by atoms with Gasteiger partial charge in [0.15, 0.2) is 0 Å². The minimum absolute atomic E-state index is 0.459. The first kappa shape index (κ1) is 7.33. The van der Waals surface area contributed by atoms with Gasteiger partial charge in [-0.2, -0.15) is 0 Å². The standard InChI is InChI=1S/C10H16O/c1-2-9(11)8-6-10(7-8)4-3-5-10/h8H,2-7H2,1H3. The largest absolute Gasteiger partial charge is 0.299 e. The first-order valence-electron chi connectivity index (χ1n) is 4.78. The fraction of sp³-hybridized carbons (Fsp3) is 0.900. The molecule has 0 aromatic carbocycles. The van der Waals surface area contributed by atoms with Crippen molar-refractivity contribution in [1.29, 1.82) is 0 Å². The molecule has 0 heterocycles. The number of carbonyl (C=O) groups excluding carboxylic acids is 1. The van der Waals surface area contributed by atoms with E-state index in [1.807, 2.05) is 6.92 Å². The third-order valence-electron chi connectivity index (χ3n) is 3.58. The number of hydrogen-bond acceptors (Lipinski definition) is 1. The maximum atomic E-state index is 11.2. The topological polar surface area (TPSA) is 17.1 Å². The molecule has 1 spiro atoms. The predicted octanol–water partition coefficient (Wildman–Crippen LogP) is 2.55. The van der Waals surface area contributed by atoms with E-state index in [0.29, 0.717) is 17.1 Å². The van der Waals surface area contributed by atoms with Gasteiger partial charge in [-0.15, -0.1) is 0 Å². The quantitative estimate of drug-likeness (QED) is 0.594. The molecule has 0 aromatic heterocycles. The van der Waals surface area contributed by atoms with E-state index < -0.39 is 0 Å². The van der Waals surface area contributed by atoms with Crippen LogP contribution in [-0.2, 0) is 4.79 Å². The average Bonchev–Trinajstić information content (AvgIpc) is 1.81. The molecule has 2 fully saturated rings. The highest BCUT2D eigenvalue weighted by Crippen LogP contribution is 2.58. The van der Waals surface area contributed by atoms with Crippen LogP contribution in [0, 0.1) is 11.3 Å². The van der Waals surface area contributed by atoms with Gasteiger partial charge in [-0.05, 0) is 31.1 Å². The molecule has 0 atom stereocenters. The predicted molar refractivity (Wildman–Crippen MR) is 44.3 cm³/mol. The number of ketones is 1. The molecule has 11 heavy (non-hydrogen) atoms. The van der Waals surface area contributed by atoms with Crippen LogP contribution in [0.25, 0.3) is 0 Å². The summed E-state index contributed by atoms with van der Waals surface area (Å²) in [6.07, 6.45) is 7.41. The lowest BCUT2D eigenvalue weighted by Gasteiger charge is -2.53. The van der Waals surface area contributed by atoms with E-state index in [9.17, 15) is 4.79 Å². The number of rotatable bonds is 2. The molecule has 0 unspecified atom stereocenters. The lowest BCUT2D eigenvalue weighted by molar-refractivity contribution is -0.134. The van der Waals surface area contributed by atoms with E-state index in [1.165, 1.54) is 32.1 Å². The third-order valence-corrected chi connectivity index (χ3v) is 3.58. The molecule has 62 valence electrons. The summed E-state index contributed by atoms with van der Waals surface area (Å²) in [6.45, 7) is 1.98. The van der Waals surface area contributed by atoms with Crippen molar-refractivity contribution in [3.05, 3.63) is 0 Å². The van der Waals surface area contributed by atoms with Crippen LogP contribution in [-0.4, -0.2) is 5.78 Å². The van der Waals surface area contributed by atoms with Crippen LogP contribution in [0.1, 0.15) is 45.4 Å². The Labute approximate surface area is 68.2 Å². The Hall–Kier alpha value is -0.330. The molecule has 2 saturated carbocycles. The van der Waals surface area contributed by atoms with Gasteiger partial charge in [-0.3, -0.25) is 4.79 Å². The van der Waals surface area contributed by atoms with Crippen molar-refractivity contribution in [1.82, 2.24) is 0 Å². The maximum Gasteiger partial charge on any atom is 0.135 e. The molecule has 0 radical (unpaired) electrons. The Morgan fingerprint density at radius 1 is 1.45 bits per heavy atom. The van der Waals surface area contributed by atoms with Crippen molar-refractivity contribution >= 4 is 5.78 Å². The molecular formula is C10H16O. The summed E-state index contributed by atoms with van der Waals surface area (Å²) in [6, 6.07) is 0. The zero-order valence-corrected chi connectivity index (χ0v) is 7.23. The summed E-state index contributed by atoms with van der Waals surface area (Å²) in [7, 11) is 0. The van der Waals surface area contributed by atoms with Gasteiger partial charge in [-0.25, -0.2) is 0 Å². The summed E-state index contributed by atoms with van der Waals surface area (Å²) in [5.74, 6) is 0.961. The monoisotopic (exact) mass is 152 g/mol. The molecule has 0 saturated heterocycles. The van der Waals surface area contributed by atoms with E-state index >= 15 is 0 Å². The van der Waals surface area contributed by atoms with Gasteiger partial charge in [0, 0.05) is 12.3 Å². The van der Waals surface area contributed by atoms with E-state index in [4.69, 9.17) is 0 Å². The van der Waals surface area contributed by atoms with E-state index in [-0.39, 0.29) is 0 Å². The Morgan fingerprint density at radius 3 is 2.45 bits per heavy atom. The molecule has 0 bridgehead atoms. The minimum Gasteiger partial charge on any atom is -0.299 e. The van der Waals surface area contributed by atoms with Gasteiger partial charge in [0.05, 0.1) is 0 Å². The summed E-state index contributed by atoms with van der Waals surface area (Å²) in [4.78, 5) is 11.2. The summed E-state index contributed by atoms with van der Waals surface area (Å²) in [5, 5.41) is 0. The van der Waals surface area contributed by atoms with Gasteiger partial charge in [0.1, 0.15) is 5.78 Å². The second-order valence-electron chi connectivity index (χ2n) is 4.28. The molecule has 1 nitrogen and oxygen atoms in total. The Morgan fingerprint density at radius 2 is 2.09 bits per heavy atom. The fourth-order valence-electron chi connectivity index (χ4n) is 2.59. The van der Waals surface area contributed by atoms with E-state index in [2.05, 4.69) is 0 Å². The van der Waals surface area contributed by atoms with Crippen LogP contribution >= 0.6 is 0 Å². The van der Waals surface area contributed by atoms with Crippen LogP contribution in [0.2, 0.25) is 0 Å². The van der Waals surface area contributed by atoms with Gasteiger partial charge >= 0.3 is 0 Å². The van der Waals surface area contributed by atoms with Crippen LogP contribution in [0.4, 0.5) is 0 Å². The Balaban J connectivity index is 1.83. The van der Waals surface area contributed by atoms with Gasteiger partial charge in [0.2, 0.25) is 0 Å². The number of hydrogen-bond donors (Lipinski definition) is 0. The zero-order chi connectivity index (χ0) is 7.90. The van der Waals surface area contributed by atoms with Gasteiger partial charge in [0.25, 0.3) is 0 Å². The van der Waals surface area contributed by atoms with Crippen molar-refractivity contribution in [3.8, 4) is 0 Å². The van der Waals surface area contributed by atoms with Crippen molar-refractivity contribution in [3.63, 3.8) is 0 Å². The van der Waals surface area contributed by atoms with Gasteiger partial charge in [-0.1, -0.05) is 13.3 Å². The van der Waals surface area contributed by atoms with Crippen LogP contribution < -0.4 is 0 Å². The Bertz CT molecular complexity index is 171. The highest BCUT2D eigenvalue weighted by molar-refractivity contribution is 5.81. The number of carbonyl (C=O) groups is 1. The molecule has 0 N–H and O–H groups in total. The first-order valence-corrected chi connectivity index (χ1v) is 4.78. The highest BCUT2D eigenvalue weighted by Gasteiger charge is 2.49. The summed E-state index contributed by atoms with van der Waals surface area (Å²) < 4.78 is 0. The molecule has 0 amide bonds. The summed E-state index contributed by atoms with van der Waals surface area (Å²) >= 11 is 0. The van der Waals surface area contributed by atoms with Crippen molar-refractivity contribution < 1.29 is 4.79 Å².